The van der Waals surface area contributed by atoms with E-state index in [0.29, 0.717) is 0 Å². The van der Waals surface area contributed by atoms with Gasteiger partial charge in [0.05, 0.1) is 0 Å². The van der Waals surface area contributed by atoms with E-state index in [0.717, 1.165) is 0 Å². The van der Waals surface area contributed by atoms with Crippen LogP contribution in [0.3, 0.4) is 0 Å². The fourth-order valence-electron chi connectivity index (χ4n) is 0. The van der Waals surface area contributed by atoms with Gasteiger partial charge in [0.15, 0.2) is 0 Å². The van der Waals surface area contributed by atoms with E-state index in [9.17, 15) is 0 Å². The van der Waals surface area contributed by atoms with Gasteiger partial charge < -0.3 is 10.8 Å². The molecule has 0 aromatic heterocycles. The molecule has 56 valence electrons. The van der Waals surface area contributed by atoms with Gasteiger partial charge in [-0.2, -0.15) is 0 Å². The van der Waals surface area contributed by atoms with Gasteiger partial charge in [-0.25, -0.2) is 4.79 Å². The first-order valence-electron chi connectivity index (χ1n) is 2.63. The van der Waals surface area contributed by atoms with E-state index in [4.69, 9.17) is 9.90 Å². The molecule has 1 amide bonds. The number of nitrogens with two attached hydrogens (primary N) is 1. The van der Waals surface area contributed by atoms with Crippen LogP contribution in [0.4, 0.5) is 4.79 Å². The summed E-state index contributed by atoms with van der Waals surface area (Å²) in [5.74, 6) is 0. The normalized spacial score (nSPS) is 6.00. The number of carboxylic acid groups (broad SMARTS) is 1. The molecule has 0 aromatic rings. The molecule has 0 unspecified atom stereocenters. The van der Waals surface area contributed by atoms with E-state index in [1.807, 2.05) is 0 Å². The van der Waals surface area contributed by atoms with Crippen molar-refractivity contribution in [2.45, 2.75) is 26.7 Å². The van der Waals surface area contributed by atoms with E-state index in [1.165, 1.54) is 12.8 Å². The molecule has 0 saturated carbocycles. The van der Waals surface area contributed by atoms with Crippen LogP contribution in [-0.4, -0.2) is 35.1 Å². The predicted octanol–water partition coefficient (Wildman–Crippen LogP) is 0.513. The number of rotatable bonds is 1. The maximum absolute atomic E-state index is 8.78. The zero-order chi connectivity index (χ0) is 6.99. The molecule has 0 spiro atoms. The molecule has 0 bridgehead atoms. The molecular weight excluding hydrogens is 225 g/mol. The second-order valence-corrected chi connectivity index (χ2v) is 1.34. The molecule has 0 aliphatic carbocycles. The number of carbonyl (C=O) groups is 1. The van der Waals surface area contributed by atoms with Crippen LogP contribution >= 0.6 is 0 Å². The molecule has 2 radical (unpaired) electrons. The zero-order valence-electron chi connectivity index (χ0n) is 6.05. The molecule has 0 heterocycles. The van der Waals surface area contributed by atoms with Gasteiger partial charge in [0, 0.05) is 0 Å². The molecule has 3 nitrogen and oxygen atoms in total. The van der Waals surface area contributed by atoms with Crippen molar-refractivity contribution in [3.63, 3.8) is 0 Å². The fourth-order valence-corrected chi connectivity index (χ4v) is 0. The third kappa shape index (κ3) is 260. The molecular formula is C5H15NO2Sn. The molecule has 9 heavy (non-hydrogen) atoms. The molecule has 0 atom stereocenters. The van der Waals surface area contributed by atoms with Crippen molar-refractivity contribution in [1.29, 1.82) is 0 Å². The van der Waals surface area contributed by atoms with Crippen molar-refractivity contribution in [2.24, 2.45) is 5.73 Å². The Labute approximate surface area is 72.6 Å². The Balaban J connectivity index is -0.0000000720. The number of hydrogen-bond acceptors (Lipinski definition) is 1. The van der Waals surface area contributed by atoms with Crippen LogP contribution in [-0.2, 0) is 0 Å². The van der Waals surface area contributed by atoms with E-state index >= 15 is 0 Å². The Morgan fingerprint density at radius 1 is 1.44 bits per heavy atom. The second kappa shape index (κ2) is 15.7. The van der Waals surface area contributed by atoms with Crippen LogP contribution < -0.4 is 5.73 Å². The third-order valence-corrected chi connectivity index (χ3v) is 0.500. The van der Waals surface area contributed by atoms with Gasteiger partial charge in [-0.15, -0.1) is 0 Å². The number of unbranched alkanes of at least 4 members (excludes halogenated alkanes) is 1. The number of primary amides is 1. The summed E-state index contributed by atoms with van der Waals surface area (Å²) in [4.78, 5) is 8.78. The molecule has 4 heteroatoms. The minimum absolute atomic E-state index is 0. The van der Waals surface area contributed by atoms with Gasteiger partial charge in [-0.05, 0) is 0 Å². The fraction of sp³-hybridized carbons (Fsp3) is 0.800. The van der Waals surface area contributed by atoms with Gasteiger partial charge in [0.1, 0.15) is 0 Å². The molecule has 0 fully saturated rings. The van der Waals surface area contributed by atoms with Gasteiger partial charge >= 0.3 is 30.0 Å². The number of hydrogen-bond donors (Lipinski definition) is 2. The average Bonchev–Trinajstić information content (AvgIpc) is 1.65. The van der Waals surface area contributed by atoms with Crippen molar-refractivity contribution >= 4 is 30.0 Å². The Bertz CT molecular complexity index is 52.9. The van der Waals surface area contributed by atoms with Gasteiger partial charge in [-0.1, -0.05) is 26.7 Å². The van der Waals surface area contributed by atoms with E-state index < -0.39 is 6.09 Å². The third-order valence-electron chi connectivity index (χ3n) is 0.500. The van der Waals surface area contributed by atoms with Gasteiger partial charge in [-0.3, -0.25) is 0 Å². The van der Waals surface area contributed by atoms with Crippen molar-refractivity contribution in [3.05, 3.63) is 0 Å². The molecule has 0 aromatic carbocycles. The zero-order valence-corrected chi connectivity index (χ0v) is 10.1. The quantitative estimate of drug-likeness (QED) is 0.656. The van der Waals surface area contributed by atoms with Crippen molar-refractivity contribution in [1.82, 2.24) is 0 Å². The van der Waals surface area contributed by atoms with Crippen LogP contribution in [0.1, 0.15) is 26.7 Å². The molecule has 3 N–H and O–H groups in total. The number of amides is 1. The van der Waals surface area contributed by atoms with Crippen LogP contribution in [0.2, 0.25) is 0 Å². The summed E-state index contributed by atoms with van der Waals surface area (Å²) in [6, 6.07) is 0. The van der Waals surface area contributed by atoms with Gasteiger partial charge in [0.2, 0.25) is 0 Å². The summed E-state index contributed by atoms with van der Waals surface area (Å²) >= 11 is 0. The summed E-state index contributed by atoms with van der Waals surface area (Å²) < 4.78 is 0. The van der Waals surface area contributed by atoms with Gasteiger partial charge in [0.25, 0.3) is 0 Å². The molecule has 0 aliphatic heterocycles. The van der Waals surface area contributed by atoms with E-state index in [-0.39, 0.29) is 23.9 Å². The first-order valence-corrected chi connectivity index (χ1v) is 2.63. The summed E-state index contributed by atoms with van der Waals surface area (Å²) in [6.07, 6.45) is 1.31. The standard InChI is InChI=1S/C4H10.CH3NO2.Sn.2H/c1-3-4-2;2-1(3)4;;;/h3-4H2,1-2H3;2H2,(H,3,4);;;. The first kappa shape index (κ1) is 16.0. The Kier molecular flexibility index (Phi) is 28.0. The second-order valence-electron chi connectivity index (χ2n) is 1.34. The minimum atomic E-state index is -1.33. The molecule has 0 rings (SSSR count). The molecule has 0 aliphatic rings. The first-order chi connectivity index (χ1) is 3.65. The Morgan fingerprint density at radius 3 is 1.56 bits per heavy atom. The predicted molar refractivity (Wildman–Crippen MR) is 41.3 cm³/mol. The topological polar surface area (TPSA) is 63.3 Å². The summed E-state index contributed by atoms with van der Waals surface area (Å²) in [5, 5.41) is 7.19. The SMILES string of the molecule is CCCC.NC(=O)O.[SnH2]. The van der Waals surface area contributed by atoms with Crippen molar-refractivity contribution in [2.75, 3.05) is 0 Å². The monoisotopic (exact) mass is 241 g/mol. The molecule has 0 saturated heterocycles. The summed E-state index contributed by atoms with van der Waals surface area (Å²) in [5.41, 5.74) is 4.03. The van der Waals surface area contributed by atoms with Crippen molar-refractivity contribution < 1.29 is 9.90 Å². The average molecular weight is 240 g/mol. The Hall–Kier alpha value is 0.0687. The van der Waals surface area contributed by atoms with Crippen molar-refractivity contribution in [3.8, 4) is 0 Å². The van der Waals surface area contributed by atoms with Crippen LogP contribution in [0.5, 0.6) is 0 Å². The van der Waals surface area contributed by atoms with Crippen LogP contribution in [0, 0.1) is 0 Å². The van der Waals surface area contributed by atoms with E-state index in [2.05, 4.69) is 19.6 Å². The summed E-state index contributed by atoms with van der Waals surface area (Å²) in [6.45, 7) is 4.36. The maximum atomic E-state index is 8.78. The Morgan fingerprint density at radius 2 is 1.56 bits per heavy atom. The van der Waals surface area contributed by atoms with Crippen LogP contribution in [0.25, 0.3) is 0 Å². The summed E-state index contributed by atoms with van der Waals surface area (Å²) in [7, 11) is 0. The van der Waals surface area contributed by atoms with Crippen LogP contribution in [0.15, 0.2) is 0 Å². The van der Waals surface area contributed by atoms with E-state index in [1.54, 1.807) is 0 Å².